The van der Waals surface area contributed by atoms with Gasteiger partial charge in [-0.3, -0.25) is 19.2 Å². The molecule has 1 fully saturated rings. The first-order chi connectivity index (χ1) is 14.3. The zero-order valence-corrected chi connectivity index (χ0v) is 18.1. The zero-order chi connectivity index (χ0) is 20.9. The fourth-order valence-corrected chi connectivity index (χ4v) is 5.90. The molecule has 9 heteroatoms. The van der Waals surface area contributed by atoms with Crippen LogP contribution in [0.2, 0.25) is 0 Å². The van der Waals surface area contributed by atoms with Gasteiger partial charge >= 0.3 is 0 Å². The first kappa shape index (κ1) is 19.8. The molecule has 0 aromatic carbocycles. The van der Waals surface area contributed by atoms with E-state index in [4.69, 9.17) is 4.98 Å². The van der Waals surface area contributed by atoms with Crippen molar-refractivity contribution in [2.24, 2.45) is 5.41 Å². The number of likely N-dealkylation sites (tertiary alicyclic amines) is 1. The molecule has 5 rings (SSSR count). The van der Waals surface area contributed by atoms with E-state index in [0.29, 0.717) is 25.1 Å². The quantitative estimate of drug-likeness (QED) is 0.717. The van der Waals surface area contributed by atoms with Crippen LogP contribution in [0.25, 0.3) is 0 Å². The van der Waals surface area contributed by atoms with Crippen LogP contribution in [-0.4, -0.2) is 58.0 Å². The number of hydrogen-bond acceptors (Lipinski definition) is 6. The highest BCUT2D eigenvalue weighted by atomic mass is 32.2. The molecule has 0 unspecified atom stereocenters. The largest absolute Gasteiger partial charge is 0.299 e. The molecule has 0 aliphatic carbocycles. The van der Waals surface area contributed by atoms with E-state index in [1.807, 2.05) is 16.8 Å². The summed E-state index contributed by atoms with van der Waals surface area (Å²) in [5, 5.41) is 0. The van der Waals surface area contributed by atoms with E-state index in [0.717, 1.165) is 50.4 Å². The highest BCUT2D eigenvalue weighted by Gasteiger charge is 2.42. The van der Waals surface area contributed by atoms with Crippen molar-refractivity contribution in [3.8, 4) is 0 Å². The van der Waals surface area contributed by atoms with Crippen LogP contribution in [0.1, 0.15) is 35.5 Å². The molecular weight excluding hydrogens is 402 g/mol. The number of hydrogen-bond donors (Lipinski definition) is 0. The second-order valence-corrected chi connectivity index (χ2v) is 11.0. The predicted molar refractivity (Wildman–Crippen MR) is 112 cm³/mol. The van der Waals surface area contributed by atoms with Crippen molar-refractivity contribution in [1.29, 1.82) is 0 Å². The summed E-state index contributed by atoms with van der Waals surface area (Å²) in [6.07, 6.45) is 8.34. The third-order valence-corrected chi connectivity index (χ3v) is 8.15. The smallest absolute Gasteiger partial charge is 0.258 e. The summed E-state index contributed by atoms with van der Waals surface area (Å²) >= 11 is 0. The second kappa shape index (κ2) is 7.25. The molecular formula is C21H27N5O3S. The topological polar surface area (TPSA) is 88.4 Å². The minimum atomic E-state index is -3.31. The van der Waals surface area contributed by atoms with Gasteiger partial charge in [0.15, 0.2) is 0 Å². The number of nitrogens with zero attached hydrogens (tertiary/aromatic N) is 5. The van der Waals surface area contributed by atoms with Crippen LogP contribution < -0.4 is 5.56 Å². The molecule has 30 heavy (non-hydrogen) atoms. The molecule has 1 spiro atoms. The van der Waals surface area contributed by atoms with Crippen LogP contribution in [0.5, 0.6) is 0 Å². The molecule has 0 atom stereocenters. The summed E-state index contributed by atoms with van der Waals surface area (Å²) in [7, 11) is -3.31. The Labute approximate surface area is 176 Å². The summed E-state index contributed by atoms with van der Waals surface area (Å²) in [4.78, 5) is 24.7. The van der Waals surface area contributed by atoms with Gasteiger partial charge in [-0.1, -0.05) is 6.07 Å². The van der Waals surface area contributed by atoms with Crippen molar-refractivity contribution in [1.82, 2.24) is 23.7 Å². The van der Waals surface area contributed by atoms with Gasteiger partial charge in [0.1, 0.15) is 5.82 Å². The van der Waals surface area contributed by atoms with Gasteiger partial charge in [-0.2, -0.15) is 4.31 Å². The van der Waals surface area contributed by atoms with E-state index in [9.17, 15) is 13.2 Å². The molecule has 0 radical (unpaired) electrons. The van der Waals surface area contributed by atoms with Gasteiger partial charge in [0.25, 0.3) is 5.56 Å². The number of pyridine rings is 1. The Hall–Kier alpha value is -2.10. The average Bonchev–Trinajstić information content (AvgIpc) is 3.08. The molecule has 0 bridgehead atoms. The third kappa shape index (κ3) is 3.59. The lowest BCUT2D eigenvalue weighted by molar-refractivity contribution is 0.0977. The number of piperidine rings is 1. The minimum Gasteiger partial charge on any atom is -0.299 e. The summed E-state index contributed by atoms with van der Waals surface area (Å²) in [5.41, 5.74) is 2.62. The predicted octanol–water partition coefficient (Wildman–Crippen LogP) is 0.795. The second-order valence-electron chi connectivity index (χ2n) is 9.01. The fraction of sp³-hybridized carbons (Fsp3) is 0.571. The zero-order valence-electron chi connectivity index (χ0n) is 17.2. The van der Waals surface area contributed by atoms with E-state index in [1.54, 1.807) is 6.20 Å². The van der Waals surface area contributed by atoms with Crippen molar-refractivity contribution in [2.75, 3.05) is 25.9 Å². The molecule has 1 saturated heterocycles. The van der Waals surface area contributed by atoms with Crippen molar-refractivity contribution in [2.45, 2.75) is 45.3 Å². The number of aromatic nitrogens is 3. The molecule has 0 amide bonds. The van der Waals surface area contributed by atoms with Gasteiger partial charge in [0, 0.05) is 51.4 Å². The Bertz CT molecular complexity index is 1120. The summed E-state index contributed by atoms with van der Waals surface area (Å²) in [6.45, 7) is 4.15. The molecule has 0 saturated carbocycles. The molecule has 160 valence electrons. The number of rotatable bonds is 3. The fourth-order valence-electron chi connectivity index (χ4n) is 5.12. The molecule has 3 aliphatic rings. The molecule has 0 N–H and O–H groups in total. The first-order valence-corrected chi connectivity index (χ1v) is 12.4. The molecule has 3 aliphatic heterocycles. The maximum atomic E-state index is 13.2. The normalized spacial score (nSPS) is 21.5. The van der Waals surface area contributed by atoms with E-state index >= 15 is 0 Å². The SMILES string of the molecule is CS(=O)(=O)N1CCc2nc3n(c(=O)c2C1)CC1(CCN(Cc2cccnc2)CC1)C3. The maximum Gasteiger partial charge on any atom is 0.258 e. The van der Waals surface area contributed by atoms with Gasteiger partial charge in [-0.25, -0.2) is 13.4 Å². The summed E-state index contributed by atoms with van der Waals surface area (Å²) in [5.74, 6) is 0.882. The highest BCUT2D eigenvalue weighted by Crippen LogP contribution is 2.41. The molecule has 8 nitrogen and oxygen atoms in total. The van der Waals surface area contributed by atoms with Gasteiger partial charge < -0.3 is 0 Å². The Kier molecular flexibility index (Phi) is 4.79. The maximum absolute atomic E-state index is 13.2. The van der Waals surface area contributed by atoms with Crippen molar-refractivity contribution >= 4 is 10.0 Å². The lowest BCUT2D eigenvalue weighted by atomic mass is 9.77. The van der Waals surface area contributed by atoms with Gasteiger partial charge in [0.2, 0.25) is 10.0 Å². The van der Waals surface area contributed by atoms with Crippen LogP contribution in [0.3, 0.4) is 0 Å². The lowest BCUT2D eigenvalue weighted by Gasteiger charge is -2.38. The van der Waals surface area contributed by atoms with Gasteiger partial charge in [-0.05, 0) is 43.0 Å². The van der Waals surface area contributed by atoms with E-state index in [1.165, 1.54) is 16.1 Å². The van der Waals surface area contributed by atoms with Gasteiger partial charge in [0.05, 0.1) is 17.5 Å². The van der Waals surface area contributed by atoms with Crippen LogP contribution in [0.15, 0.2) is 29.3 Å². The van der Waals surface area contributed by atoms with Crippen molar-refractivity contribution in [3.05, 3.63) is 57.5 Å². The van der Waals surface area contributed by atoms with Crippen molar-refractivity contribution in [3.63, 3.8) is 0 Å². The Balaban J connectivity index is 1.32. The Morgan fingerprint density at radius 3 is 2.70 bits per heavy atom. The minimum absolute atomic E-state index is 0.0435. The van der Waals surface area contributed by atoms with E-state index < -0.39 is 10.0 Å². The van der Waals surface area contributed by atoms with Crippen LogP contribution in [-0.2, 0) is 42.5 Å². The van der Waals surface area contributed by atoms with Crippen LogP contribution in [0.4, 0.5) is 0 Å². The average molecular weight is 430 g/mol. The molecule has 2 aromatic rings. The van der Waals surface area contributed by atoms with E-state index in [2.05, 4.69) is 16.0 Å². The summed E-state index contributed by atoms with van der Waals surface area (Å²) in [6, 6.07) is 4.08. The van der Waals surface area contributed by atoms with Gasteiger partial charge in [-0.15, -0.1) is 0 Å². The van der Waals surface area contributed by atoms with Crippen LogP contribution in [0, 0.1) is 5.41 Å². The lowest BCUT2D eigenvalue weighted by Crippen LogP contribution is -2.42. The summed E-state index contributed by atoms with van der Waals surface area (Å²) < 4.78 is 27.1. The molecule has 5 heterocycles. The third-order valence-electron chi connectivity index (χ3n) is 6.90. The van der Waals surface area contributed by atoms with Crippen molar-refractivity contribution < 1.29 is 8.42 Å². The first-order valence-electron chi connectivity index (χ1n) is 10.5. The van der Waals surface area contributed by atoms with E-state index in [-0.39, 0.29) is 17.5 Å². The number of sulfonamides is 1. The Morgan fingerprint density at radius 2 is 2.00 bits per heavy atom. The Morgan fingerprint density at radius 1 is 1.20 bits per heavy atom. The molecule has 2 aromatic heterocycles. The monoisotopic (exact) mass is 429 g/mol. The standard InChI is InChI=1S/C21H27N5O3S/c1-30(28,29)25-8-4-18-17(14-25)20(27)26-15-21(11-19(26)23-18)5-9-24(10-6-21)13-16-3-2-7-22-12-16/h2-3,7,12H,4-6,8-11,13-15H2,1H3. The highest BCUT2D eigenvalue weighted by molar-refractivity contribution is 7.88. The number of fused-ring (bicyclic) bond motifs is 2. The van der Waals surface area contributed by atoms with Crippen LogP contribution >= 0.6 is 0 Å².